The van der Waals surface area contributed by atoms with E-state index >= 15 is 0 Å². The second-order valence-electron chi connectivity index (χ2n) is 6.06. The maximum Gasteiger partial charge on any atom is 0.261 e. The second-order valence-corrected chi connectivity index (χ2v) is 6.06. The van der Waals surface area contributed by atoms with E-state index in [1.807, 2.05) is 13.1 Å². The Hall–Kier alpha value is -2.81. The maximum atomic E-state index is 12.4. The molecule has 1 aliphatic rings. The summed E-state index contributed by atoms with van der Waals surface area (Å²) in [6.07, 6.45) is 3.07. The summed E-state index contributed by atoms with van der Waals surface area (Å²) in [4.78, 5) is 16.9. The quantitative estimate of drug-likeness (QED) is 0.932. The number of aryl methyl sites for hydroxylation is 2. The first-order chi connectivity index (χ1) is 11.6. The number of imidazole rings is 1. The number of nitriles is 1. The molecule has 1 N–H and O–H groups in total. The number of hydrogen-bond acceptors (Lipinski definition) is 4. The summed E-state index contributed by atoms with van der Waals surface area (Å²) >= 11 is 0. The number of rotatable bonds is 4. The van der Waals surface area contributed by atoms with Crippen molar-refractivity contribution in [3.05, 3.63) is 47.5 Å². The highest BCUT2D eigenvalue weighted by Gasteiger charge is 2.24. The van der Waals surface area contributed by atoms with E-state index in [1.165, 1.54) is 0 Å². The van der Waals surface area contributed by atoms with Gasteiger partial charge >= 0.3 is 0 Å². The van der Waals surface area contributed by atoms with Gasteiger partial charge in [0, 0.05) is 25.2 Å². The monoisotopic (exact) mass is 324 g/mol. The topological polar surface area (TPSA) is 79.9 Å². The van der Waals surface area contributed by atoms with E-state index in [4.69, 9.17) is 10.00 Å². The van der Waals surface area contributed by atoms with Crippen LogP contribution in [0.2, 0.25) is 0 Å². The molecule has 6 nitrogen and oxygen atoms in total. The molecule has 1 aromatic heterocycles. The number of carbonyl (C=O) groups excluding carboxylic acids is 1. The van der Waals surface area contributed by atoms with Crippen LogP contribution in [0.3, 0.4) is 0 Å². The van der Waals surface area contributed by atoms with Crippen LogP contribution >= 0.6 is 0 Å². The van der Waals surface area contributed by atoms with Gasteiger partial charge in [0.25, 0.3) is 5.91 Å². The molecule has 0 aliphatic carbocycles. The van der Waals surface area contributed by atoms with Crippen LogP contribution in [-0.4, -0.2) is 27.6 Å². The Labute approximate surface area is 141 Å². The maximum absolute atomic E-state index is 12.4. The van der Waals surface area contributed by atoms with Gasteiger partial charge in [-0.2, -0.15) is 5.26 Å². The highest BCUT2D eigenvalue weighted by Crippen LogP contribution is 2.19. The van der Waals surface area contributed by atoms with Crippen molar-refractivity contribution in [1.29, 1.82) is 5.26 Å². The molecule has 0 saturated carbocycles. The number of fused-ring (bicyclic) bond motifs is 1. The first-order valence-corrected chi connectivity index (χ1v) is 8.05. The number of carbonyl (C=O) groups is 1. The molecule has 2 aromatic rings. The van der Waals surface area contributed by atoms with E-state index in [2.05, 4.69) is 20.9 Å². The van der Waals surface area contributed by atoms with Gasteiger partial charge < -0.3 is 14.6 Å². The summed E-state index contributed by atoms with van der Waals surface area (Å²) in [7, 11) is 0. The third kappa shape index (κ3) is 3.40. The molecule has 124 valence electrons. The van der Waals surface area contributed by atoms with Gasteiger partial charge in [-0.25, -0.2) is 4.98 Å². The van der Waals surface area contributed by atoms with Gasteiger partial charge in [0.15, 0.2) is 6.10 Å². The van der Waals surface area contributed by atoms with Crippen LogP contribution in [0, 0.1) is 18.3 Å². The van der Waals surface area contributed by atoms with Crippen molar-refractivity contribution in [2.75, 3.05) is 0 Å². The van der Waals surface area contributed by atoms with Crippen molar-refractivity contribution >= 4 is 5.91 Å². The smallest absolute Gasteiger partial charge is 0.261 e. The molecular formula is C18H20N4O2. The Kier molecular flexibility index (Phi) is 4.52. The highest BCUT2D eigenvalue weighted by atomic mass is 16.5. The molecule has 0 saturated heterocycles. The van der Waals surface area contributed by atoms with Crippen molar-refractivity contribution in [3.8, 4) is 11.8 Å². The number of aromatic nitrogens is 2. The molecule has 2 heterocycles. The largest absolute Gasteiger partial charge is 0.480 e. The lowest BCUT2D eigenvalue weighted by atomic mass is 10.1. The number of para-hydroxylation sites is 1. The van der Waals surface area contributed by atoms with Crippen LogP contribution in [0.5, 0.6) is 5.75 Å². The molecular weight excluding hydrogens is 304 g/mol. The number of benzene rings is 1. The minimum Gasteiger partial charge on any atom is -0.480 e. The Balaban J connectivity index is 1.60. The normalized spacial score (nSPS) is 17.5. The van der Waals surface area contributed by atoms with E-state index in [-0.39, 0.29) is 11.9 Å². The van der Waals surface area contributed by atoms with Gasteiger partial charge in [0.1, 0.15) is 17.6 Å². The van der Waals surface area contributed by atoms with Gasteiger partial charge in [0.05, 0.1) is 11.3 Å². The van der Waals surface area contributed by atoms with Crippen molar-refractivity contribution in [2.24, 2.45) is 0 Å². The molecule has 3 rings (SSSR count). The highest BCUT2D eigenvalue weighted by molar-refractivity contribution is 5.81. The third-order valence-corrected chi connectivity index (χ3v) is 4.14. The minimum absolute atomic E-state index is 0.0656. The number of nitrogens with zero attached hydrogens (tertiary/aromatic N) is 3. The van der Waals surface area contributed by atoms with Crippen molar-refractivity contribution in [3.63, 3.8) is 0 Å². The predicted octanol–water partition coefficient (Wildman–Crippen LogP) is 1.96. The van der Waals surface area contributed by atoms with Crippen LogP contribution in [0.4, 0.5) is 0 Å². The summed E-state index contributed by atoms with van der Waals surface area (Å²) in [6.45, 7) is 4.39. The fourth-order valence-corrected chi connectivity index (χ4v) is 2.93. The fourth-order valence-electron chi connectivity index (χ4n) is 2.93. The molecule has 1 aliphatic heterocycles. The van der Waals surface area contributed by atoms with Gasteiger partial charge in [-0.05, 0) is 32.4 Å². The van der Waals surface area contributed by atoms with E-state index in [1.54, 1.807) is 31.2 Å². The molecule has 1 amide bonds. The summed E-state index contributed by atoms with van der Waals surface area (Å²) in [6, 6.07) is 9.05. The number of amides is 1. The molecule has 24 heavy (non-hydrogen) atoms. The zero-order valence-corrected chi connectivity index (χ0v) is 13.8. The molecule has 0 unspecified atom stereocenters. The molecule has 0 fully saturated rings. The van der Waals surface area contributed by atoms with E-state index < -0.39 is 6.10 Å². The zero-order valence-electron chi connectivity index (χ0n) is 13.8. The molecule has 1 aromatic carbocycles. The zero-order chi connectivity index (χ0) is 17.1. The summed E-state index contributed by atoms with van der Waals surface area (Å²) in [5, 5.41) is 12.1. The molecule has 2 atom stereocenters. The third-order valence-electron chi connectivity index (χ3n) is 4.14. The lowest BCUT2D eigenvalue weighted by molar-refractivity contribution is -0.128. The standard InChI is InChI=1S/C18H20N4O2/c1-12-10-22-11-15(7-8-17(22)20-12)21-18(23)13(2)24-16-6-4-3-5-14(16)9-19/h3-6,10,13,15H,7-8,11H2,1-2H3,(H,21,23)/t13-,15+/m1/s1. The molecule has 0 radical (unpaired) electrons. The summed E-state index contributed by atoms with van der Waals surface area (Å²) in [5.41, 5.74) is 1.43. The Bertz CT molecular complexity index is 791. The Morgan fingerprint density at radius 2 is 2.29 bits per heavy atom. The average molecular weight is 324 g/mol. The molecule has 6 heteroatoms. The Morgan fingerprint density at radius 3 is 3.08 bits per heavy atom. The van der Waals surface area contributed by atoms with Crippen LogP contribution in [0.25, 0.3) is 0 Å². The van der Waals surface area contributed by atoms with Crippen molar-refractivity contribution < 1.29 is 9.53 Å². The molecule has 0 spiro atoms. The van der Waals surface area contributed by atoms with Crippen LogP contribution in [0.15, 0.2) is 30.5 Å². The second kappa shape index (κ2) is 6.75. The summed E-state index contributed by atoms with van der Waals surface area (Å²) < 4.78 is 7.76. The fraction of sp³-hybridized carbons (Fsp3) is 0.389. The van der Waals surface area contributed by atoms with Gasteiger partial charge in [-0.15, -0.1) is 0 Å². The predicted molar refractivity (Wildman–Crippen MR) is 88.5 cm³/mol. The van der Waals surface area contributed by atoms with Crippen LogP contribution in [0.1, 0.15) is 30.4 Å². The number of ether oxygens (including phenoxy) is 1. The minimum atomic E-state index is -0.662. The van der Waals surface area contributed by atoms with Gasteiger partial charge in [-0.3, -0.25) is 4.79 Å². The first kappa shape index (κ1) is 16.1. The SMILES string of the molecule is Cc1cn2c(n1)CC[C@H](NC(=O)[C@@H](C)Oc1ccccc1C#N)C2. The first-order valence-electron chi connectivity index (χ1n) is 8.05. The van der Waals surface area contributed by atoms with E-state index in [0.29, 0.717) is 11.3 Å². The lowest BCUT2D eigenvalue weighted by Crippen LogP contribution is -2.46. The van der Waals surface area contributed by atoms with Crippen LogP contribution < -0.4 is 10.1 Å². The summed E-state index contributed by atoms with van der Waals surface area (Å²) in [5.74, 6) is 1.33. The van der Waals surface area contributed by atoms with E-state index in [0.717, 1.165) is 30.9 Å². The van der Waals surface area contributed by atoms with Gasteiger partial charge in [-0.1, -0.05) is 12.1 Å². The van der Waals surface area contributed by atoms with Crippen LogP contribution in [-0.2, 0) is 17.8 Å². The number of hydrogen-bond donors (Lipinski definition) is 1. The Morgan fingerprint density at radius 1 is 1.50 bits per heavy atom. The number of nitrogens with one attached hydrogen (secondary N) is 1. The van der Waals surface area contributed by atoms with Gasteiger partial charge in [0.2, 0.25) is 0 Å². The molecule has 0 bridgehead atoms. The van der Waals surface area contributed by atoms with Crippen molar-refractivity contribution in [2.45, 2.75) is 45.4 Å². The van der Waals surface area contributed by atoms with Crippen molar-refractivity contribution in [1.82, 2.24) is 14.9 Å². The van der Waals surface area contributed by atoms with E-state index in [9.17, 15) is 4.79 Å². The average Bonchev–Trinajstić information content (AvgIpc) is 2.94. The lowest BCUT2D eigenvalue weighted by Gasteiger charge is -2.26.